The number of aliphatic carboxylic acids is 3. The topological polar surface area (TPSA) is 418 Å². The van der Waals surface area contributed by atoms with Crippen LogP contribution in [0.4, 0.5) is 0 Å². The van der Waals surface area contributed by atoms with Gasteiger partial charge in [0.15, 0.2) is 5.96 Å². The SMILES string of the molecule is CC(C)[C@H](N)C(=O)N[C@@H](C)C(=O)N[C@@H](CC(=O)O)C(=O)N[C@@H](CS)C(=O)N[C@@H](CCCNC(=N)N)C(=O)N[C@@H](CC(=O)O)C(=O)N[C@@H](CCC(N)=O)C(=O)O. The molecule has 0 aromatic carbocycles. The number of nitrogens with one attached hydrogen (secondary N) is 8. The Labute approximate surface area is 320 Å². The standard InChI is InChI=1S/C30H51N11O13S/c1-12(2)22(32)28(52)36-13(3)23(47)39-16(9-20(43)44)26(50)41-18(11-55)27(51)37-14(5-4-8-35-30(33)34)24(48)40-17(10-21(45)46)25(49)38-15(29(53)54)6-7-19(31)42/h12-18,22,55H,4-11,32H2,1-3H3,(H2,31,42)(H,36,52)(H,37,51)(H,38,49)(H,39,47)(H,40,48)(H,41,50)(H,43,44)(H,45,46)(H,53,54)(H4,33,34,35)/t13-,14-,15-,16-,17-,18-,22-/m0/s1. The number of rotatable bonds is 26. The highest BCUT2D eigenvalue weighted by Crippen LogP contribution is 2.06. The number of carboxylic acid groups (broad SMARTS) is 3. The minimum absolute atomic E-state index is 0.000237. The van der Waals surface area contributed by atoms with Crippen molar-refractivity contribution in [3.8, 4) is 0 Å². The second kappa shape index (κ2) is 24.6. The first-order valence-electron chi connectivity index (χ1n) is 16.7. The molecule has 7 atom stereocenters. The molecule has 17 N–H and O–H groups in total. The van der Waals surface area contributed by atoms with Crippen LogP contribution in [0, 0.1) is 11.3 Å². The van der Waals surface area contributed by atoms with Crippen LogP contribution in [0.1, 0.15) is 59.3 Å². The van der Waals surface area contributed by atoms with E-state index in [0.29, 0.717) is 0 Å². The Hall–Kier alpha value is -5.72. The maximum Gasteiger partial charge on any atom is 0.326 e. The smallest absolute Gasteiger partial charge is 0.326 e. The molecule has 0 heterocycles. The van der Waals surface area contributed by atoms with Crippen molar-refractivity contribution in [3.63, 3.8) is 0 Å². The number of amides is 7. The minimum atomic E-state index is -1.90. The van der Waals surface area contributed by atoms with Crippen LogP contribution in [-0.2, 0) is 47.9 Å². The van der Waals surface area contributed by atoms with E-state index in [0.717, 1.165) is 0 Å². The van der Waals surface area contributed by atoms with Crippen molar-refractivity contribution in [2.45, 2.75) is 102 Å². The molecule has 7 amide bonds. The molecule has 0 aromatic rings. The van der Waals surface area contributed by atoms with Gasteiger partial charge in [0.05, 0.1) is 18.9 Å². The minimum Gasteiger partial charge on any atom is -0.481 e. The molecule has 24 nitrogen and oxygen atoms in total. The number of guanidine groups is 1. The zero-order valence-electron chi connectivity index (χ0n) is 30.4. The molecule has 0 saturated heterocycles. The van der Waals surface area contributed by atoms with Gasteiger partial charge < -0.3 is 69.7 Å². The molecular weight excluding hydrogens is 754 g/mol. The molecule has 0 saturated carbocycles. The van der Waals surface area contributed by atoms with Crippen LogP contribution in [0.15, 0.2) is 0 Å². The summed E-state index contributed by atoms with van der Waals surface area (Å²) in [5, 5.41) is 51.2. The van der Waals surface area contributed by atoms with Crippen LogP contribution >= 0.6 is 12.6 Å². The zero-order valence-corrected chi connectivity index (χ0v) is 31.3. The summed E-state index contributed by atoms with van der Waals surface area (Å²) >= 11 is 4.04. The van der Waals surface area contributed by atoms with Crippen LogP contribution in [0.2, 0.25) is 0 Å². The van der Waals surface area contributed by atoms with Gasteiger partial charge in [-0.05, 0) is 32.1 Å². The highest BCUT2D eigenvalue weighted by molar-refractivity contribution is 7.80. The van der Waals surface area contributed by atoms with E-state index >= 15 is 0 Å². The third-order valence-electron chi connectivity index (χ3n) is 7.52. The number of carbonyl (C=O) groups excluding carboxylic acids is 7. The second-order valence-corrected chi connectivity index (χ2v) is 12.9. The molecular formula is C30H51N11O13S. The summed E-state index contributed by atoms with van der Waals surface area (Å²) in [6.07, 6.45) is -3.13. The Kier molecular flexibility index (Phi) is 22.0. The molecule has 0 spiro atoms. The Morgan fingerprint density at radius 3 is 1.49 bits per heavy atom. The van der Waals surface area contributed by atoms with E-state index < -0.39 is 139 Å². The predicted octanol–water partition coefficient (Wildman–Crippen LogP) is -5.61. The van der Waals surface area contributed by atoms with Gasteiger partial charge >= 0.3 is 17.9 Å². The Morgan fingerprint density at radius 2 is 1.05 bits per heavy atom. The molecule has 0 aliphatic rings. The zero-order chi connectivity index (χ0) is 42.6. The molecule has 0 aliphatic carbocycles. The number of thiol groups is 1. The van der Waals surface area contributed by atoms with Crippen molar-refractivity contribution in [2.75, 3.05) is 12.3 Å². The average molecular weight is 806 g/mol. The Morgan fingerprint density at radius 1 is 0.618 bits per heavy atom. The summed E-state index contributed by atoms with van der Waals surface area (Å²) in [5.41, 5.74) is 16.1. The number of primary amides is 1. The maximum absolute atomic E-state index is 13.4. The van der Waals surface area contributed by atoms with E-state index in [1.54, 1.807) is 13.8 Å². The molecule has 55 heavy (non-hydrogen) atoms. The van der Waals surface area contributed by atoms with Crippen molar-refractivity contribution < 1.29 is 63.3 Å². The van der Waals surface area contributed by atoms with E-state index in [4.69, 9.17) is 22.6 Å². The molecule has 0 rings (SSSR count). The van der Waals surface area contributed by atoms with Crippen molar-refractivity contribution in [1.29, 1.82) is 5.41 Å². The predicted molar refractivity (Wildman–Crippen MR) is 194 cm³/mol. The van der Waals surface area contributed by atoms with Crippen molar-refractivity contribution in [1.82, 2.24) is 37.2 Å². The van der Waals surface area contributed by atoms with E-state index in [-0.39, 0.29) is 25.3 Å². The van der Waals surface area contributed by atoms with Gasteiger partial charge in [-0.1, -0.05) is 13.8 Å². The summed E-state index contributed by atoms with van der Waals surface area (Å²) in [6, 6.07) is -10.8. The normalized spacial score (nSPS) is 14.6. The number of carbonyl (C=O) groups is 10. The lowest BCUT2D eigenvalue weighted by Gasteiger charge is -2.26. The van der Waals surface area contributed by atoms with E-state index in [9.17, 15) is 63.3 Å². The lowest BCUT2D eigenvalue weighted by molar-refractivity contribution is -0.144. The first-order valence-corrected chi connectivity index (χ1v) is 17.3. The number of carboxylic acids is 3. The monoisotopic (exact) mass is 805 g/mol. The van der Waals surface area contributed by atoms with Gasteiger partial charge in [0.2, 0.25) is 41.4 Å². The second-order valence-electron chi connectivity index (χ2n) is 12.5. The van der Waals surface area contributed by atoms with E-state index in [1.807, 2.05) is 5.32 Å². The van der Waals surface area contributed by atoms with Gasteiger partial charge in [-0.15, -0.1) is 0 Å². The van der Waals surface area contributed by atoms with Gasteiger partial charge in [0.1, 0.15) is 36.3 Å². The number of hydrogen-bond donors (Lipinski definition) is 15. The van der Waals surface area contributed by atoms with Crippen LogP contribution < -0.4 is 54.4 Å². The summed E-state index contributed by atoms with van der Waals surface area (Å²) in [4.78, 5) is 124. The summed E-state index contributed by atoms with van der Waals surface area (Å²) in [7, 11) is 0. The maximum atomic E-state index is 13.4. The van der Waals surface area contributed by atoms with Gasteiger partial charge in [0.25, 0.3) is 0 Å². The van der Waals surface area contributed by atoms with E-state index in [2.05, 4.69) is 44.5 Å². The summed E-state index contributed by atoms with van der Waals surface area (Å²) in [5.74, 6) is -13.0. The third kappa shape index (κ3) is 19.8. The fraction of sp³-hybridized carbons (Fsp3) is 0.633. The first-order chi connectivity index (χ1) is 25.5. The van der Waals surface area contributed by atoms with Crippen LogP contribution in [0.3, 0.4) is 0 Å². The van der Waals surface area contributed by atoms with Crippen LogP contribution in [-0.4, -0.2) is 135 Å². The highest BCUT2D eigenvalue weighted by atomic mass is 32.1. The number of hydrogen-bond acceptors (Lipinski definition) is 13. The van der Waals surface area contributed by atoms with Gasteiger partial charge in [-0.2, -0.15) is 12.6 Å². The van der Waals surface area contributed by atoms with Crippen LogP contribution in [0.5, 0.6) is 0 Å². The molecule has 0 aliphatic heterocycles. The fourth-order valence-electron chi connectivity index (χ4n) is 4.37. The highest BCUT2D eigenvalue weighted by Gasteiger charge is 2.34. The Balaban J connectivity index is 6.14. The molecule has 0 fully saturated rings. The fourth-order valence-corrected chi connectivity index (χ4v) is 4.62. The van der Waals surface area contributed by atoms with Gasteiger partial charge in [-0.3, -0.25) is 48.6 Å². The molecule has 0 aromatic heterocycles. The quantitative estimate of drug-likeness (QED) is 0.0168. The lowest BCUT2D eigenvalue weighted by atomic mass is 10.0. The molecule has 0 radical (unpaired) electrons. The van der Waals surface area contributed by atoms with Crippen molar-refractivity contribution >= 4 is 77.8 Å². The van der Waals surface area contributed by atoms with E-state index in [1.165, 1.54) is 6.92 Å². The summed E-state index contributed by atoms with van der Waals surface area (Å²) < 4.78 is 0. The molecule has 310 valence electrons. The number of nitrogens with two attached hydrogens (primary N) is 3. The third-order valence-corrected chi connectivity index (χ3v) is 7.89. The van der Waals surface area contributed by atoms with Crippen LogP contribution in [0.25, 0.3) is 0 Å². The van der Waals surface area contributed by atoms with Gasteiger partial charge in [-0.25, -0.2) is 4.79 Å². The largest absolute Gasteiger partial charge is 0.481 e. The first kappa shape index (κ1) is 49.3. The van der Waals surface area contributed by atoms with Gasteiger partial charge in [0, 0.05) is 18.7 Å². The Bertz CT molecular complexity index is 1450. The van der Waals surface area contributed by atoms with Crippen molar-refractivity contribution in [3.05, 3.63) is 0 Å². The lowest BCUT2D eigenvalue weighted by Crippen LogP contribution is -2.60. The summed E-state index contributed by atoms with van der Waals surface area (Å²) in [6.45, 7) is 4.60. The van der Waals surface area contributed by atoms with Crippen molar-refractivity contribution in [2.24, 2.45) is 23.1 Å². The average Bonchev–Trinajstić information content (AvgIpc) is 3.07. The molecule has 0 bridgehead atoms. The molecule has 0 unspecified atom stereocenters. The molecule has 25 heteroatoms.